The van der Waals surface area contributed by atoms with E-state index >= 15 is 0 Å². The lowest BCUT2D eigenvalue weighted by Crippen LogP contribution is -2.21. The Morgan fingerprint density at radius 2 is 1.68 bits per heavy atom. The number of carbonyl (C=O) groups is 1. The summed E-state index contributed by atoms with van der Waals surface area (Å²) >= 11 is 0. The Hall–Kier alpha value is -3.15. The van der Waals surface area contributed by atoms with Crippen LogP contribution in [0.25, 0.3) is 10.8 Å². The van der Waals surface area contributed by atoms with Crippen molar-refractivity contribution in [2.24, 2.45) is 0 Å². The molecule has 0 spiro atoms. The van der Waals surface area contributed by atoms with Crippen molar-refractivity contribution in [2.45, 2.75) is 6.61 Å². The lowest BCUT2D eigenvalue weighted by Gasteiger charge is -2.11. The van der Waals surface area contributed by atoms with Gasteiger partial charge in [0, 0.05) is 16.8 Å². The van der Waals surface area contributed by atoms with E-state index in [4.69, 9.17) is 0 Å². The summed E-state index contributed by atoms with van der Waals surface area (Å²) in [5.41, 5.74) is 1.38. The van der Waals surface area contributed by atoms with Gasteiger partial charge in [-0.2, -0.15) is 8.78 Å². The van der Waals surface area contributed by atoms with Crippen LogP contribution in [0.15, 0.2) is 66.7 Å². The van der Waals surface area contributed by atoms with Gasteiger partial charge in [-0.1, -0.05) is 36.4 Å². The number of nitrogens with one attached hydrogen (secondary N) is 2. The highest BCUT2D eigenvalue weighted by molar-refractivity contribution is 6.03. The van der Waals surface area contributed by atoms with Gasteiger partial charge in [0.2, 0.25) is 5.91 Å². The van der Waals surface area contributed by atoms with Crippen molar-refractivity contribution in [2.75, 3.05) is 17.2 Å². The average Bonchev–Trinajstić information content (AvgIpc) is 2.61. The summed E-state index contributed by atoms with van der Waals surface area (Å²) < 4.78 is 28.5. The predicted molar refractivity (Wildman–Crippen MR) is 94.1 cm³/mol. The summed E-state index contributed by atoms with van der Waals surface area (Å²) in [4.78, 5) is 12.1. The van der Waals surface area contributed by atoms with Crippen LogP contribution in [0.4, 0.5) is 20.2 Å². The zero-order valence-electron chi connectivity index (χ0n) is 13.2. The molecule has 25 heavy (non-hydrogen) atoms. The first-order valence-corrected chi connectivity index (χ1v) is 7.68. The fraction of sp³-hybridized carbons (Fsp3) is 0.105. The first-order valence-electron chi connectivity index (χ1n) is 7.68. The summed E-state index contributed by atoms with van der Waals surface area (Å²) in [5, 5.41) is 7.81. The number of hydrogen-bond donors (Lipinski definition) is 2. The Balaban J connectivity index is 1.59. The Bertz CT molecular complexity index is 861. The number of alkyl halides is 2. The average molecular weight is 342 g/mol. The van der Waals surface area contributed by atoms with Crippen molar-refractivity contribution in [1.82, 2.24) is 0 Å². The highest BCUT2D eigenvalue weighted by Crippen LogP contribution is 2.23. The van der Waals surface area contributed by atoms with E-state index < -0.39 is 6.61 Å². The Morgan fingerprint density at radius 3 is 2.44 bits per heavy atom. The molecule has 3 rings (SSSR count). The number of hydrogen-bond acceptors (Lipinski definition) is 3. The lowest BCUT2D eigenvalue weighted by atomic mass is 10.1. The maximum Gasteiger partial charge on any atom is 0.387 e. The van der Waals surface area contributed by atoms with E-state index in [0.29, 0.717) is 5.69 Å². The second-order valence-corrected chi connectivity index (χ2v) is 5.33. The zero-order valence-corrected chi connectivity index (χ0v) is 13.2. The summed E-state index contributed by atoms with van der Waals surface area (Å²) in [6, 6.07) is 19.5. The Kier molecular flexibility index (Phi) is 5.09. The second kappa shape index (κ2) is 7.61. The van der Waals surface area contributed by atoms with Crippen LogP contribution in [0.3, 0.4) is 0 Å². The van der Waals surface area contributed by atoms with Crippen LogP contribution >= 0.6 is 0 Å². The van der Waals surface area contributed by atoms with Gasteiger partial charge in [0.15, 0.2) is 0 Å². The number of rotatable bonds is 6. The van der Waals surface area contributed by atoms with E-state index in [9.17, 15) is 13.6 Å². The second-order valence-electron chi connectivity index (χ2n) is 5.33. The van der Waals surface area contributed by atoms with Crippen LogP contribution in [-0.2, 0) is 4.79 Å². The van der Waals surface area contributed by atoms with Crippen LogP contribution in [0.5, 0.6) is 5.75 Å². The third-order valence-corrected chi connectivity index (χ3v) is 3.60. The summed E-state index contributed by atoms with van der Waals surface area (Å²) in [6.07, 6.45) is 0. The van der Waals surface area contributed by atoms with Crippen molar-refractivity contribution < 1.29 is 18.3 Å². The smallest absolute Gasteiger partial charge is 0.387 e. The standard InChI is InChI=1S/C19H16F2N2O2/c20-19(21)25-15-10-8-14(9-11-15)22-12-18(24)23-17-7-3-5-13-4-1-2-6-16(13)17/h1-11,19,22H,12H2,(H,23,24). The molecule has 6 heteroatoms. The number of anilines is 2. The lowest BCUT2D eigenvalue weighted by molar-refractivity contribution is -0.114. The molecule has 0 atom stereocenters. The van der Waals surface area contributed by atoms with E-state index in [1.165, 1.54) is 12.1 Å². The molecule has 4 nitrogen and oxygen atoms in total. The summed E-state index contributed by atoms with van der Waals surface area (Å²) in [7, 11) is 0. The van der Waals surface area contributed by atoms with E-state index in [2.05, 4.69) is 15.4 Å². The molecule has 0 aliphatic heterocycles. The van der Waals surface area contributed by atoms with Gasteiger partial charge in [0.05, 0.1) is 6.54 Å². The van der Waals surface area contributed by atoms with Crippen molar-refractivity contribution in [3.63, 3.8) is 0 Å². The highest BCUT2D eigenvalue weighted by atomic mass is 19.3. The van der Waals surface area contributed by atoms with E-state index in [1.807, 2.05) is 42.5 Å². The van der Waals surface area contributed by atoms with Crippen molar-refractivity contribution >= 4 is 28.1 Å². The number of benzene rings is 3. The maximum absolute atomic E-state index is 12.1. The van der Waals surface area contributed by atoms with Gasteiger partial charge in [-0.3, -0.25) is 4.79 Å². The monoisotopic (exact) mass is 342 g/mol. The maximum atomic E-state index is 12.1. The molecule has 2 N–H and O–H groups in total. The molecule has 0 aliphatic rings. The SMILES string of the molecule is O=C(CNc1ccc(OC(F)F)cc1)Nc1cccc2ccccc12. The molecule has 3 aromatic carbocycles. The fourth-order valence-electron chi connectivity index (χ4n) is 2.47. The molecule has 3 aromatic rings. The Labute approximate surface area is 143 Å². The largest absolute Gasteiger partial charge is 0.435 e. The molecular weight excluding hydrogens is 326 g/mol. The molecule has 0 fully saturated rings. The number of fused-ring (bicyclic) bond motifs is 1. The molecule has 0 heterocycles. The first-order chi connectivity index (χ1) is 12.1. The molecule has 0 saturated heterocycles. The molecule has 0 bridgehead atoms. The molecular formula is C19H16F2N2O2. The normalized spacial score (nSPS) is 10.7. The zero-order chi connectivity index (χ0) is 17.6. The van der Waals surface area contributed by atoms with Gasteiger partial charge in [-0.25, -0.2) is 0 Å². The molecule has 0 aliphatic carbocycles. The van der Waals surface area contributed by atoms with E-state index in [-0.39, 0.29) is 18.2 Å². The van der Waals surface area contributed by atoms with E-state index in [0.717, 1.165) is 16.5 Å². The number of amides is 1. The van der Waals surface area contributed by atoms with Gasteiger partial charge in [0.1, 0.15) is 5.75 Å². The number of ether oxygens (including phenoxy) is 1. The third-order valence-electron chi connectivity index (χ3n) is 3.60. The fourth-order valence-corrected chi connectivity index (χ4v) is 2.47. The van der Waals surface area contributed by atoms with Crippen LogP contribution in [0.2, 0.25) is 0 Å². The van der Waals surface area contributed by atoms with Crippen molar-refractivity contribution in [1.29, 1.82) is 0 Å². The van der Waals surface area contributed by atoms with Crippen LogP contribution in [0, 0.1) is 0 Å². The molecule has 128 valence electrons. The minimum Gasteiger partial charge on any atom is -0.435 e. The topological polar surface area (TPSA) is 50.4 Å². The summed E-state index contributed by atoms with van der Waals surface area (Å²) in [6.45, 7) is -2.80. The number of halogens is 2. The number of carbonyl (C=O) groups excluding carboxylic acids is 1. The predicted octanol–water partition coefficient (Wildman–Crippen LogP) is 4.49. The van der Waals surface area contributed by atoms with Gasteiger partial charge in [-0.05, 0) is 35.7 Å². The quantitative estimate of drug-likeness (QED) is 0.694. The molecule has 0 saturated carbocycles. The van der Waals surface area contributed by atoms with Gasteiger partial charge < -0.3 is 15.4 Å². The van der Waals surface area contributed by atoms with Crippen LogP contribution in [-0.4, -0.2) is 19.1 Å². The van der Waals surface area contributed by atoms with E-state index in [1.54, 1.807) is 12.1 Å². The van der Waals surface area contributed by atoms with Gasteiger partial charge in [-0.15, -0.1) is 0 Å². The van der Waals surface area contributed by atoms with Crippen LogP contribution < -0.4 is 15.4 Å². The minimum absolute atomic E-state index is 0.0538. The molecule has 0 unspecified atom stereocenters. The highest BCUT2D eigenvalue weighted by Gasteiger charge is 2.07. The van der Waals surface area contributed by atoms with Crippen LogP contribution in [0.1, 0.15) is 0 Å². The third kappa shape index (κ3) is 4.44. The molecule has 0 radical (unpaired) electrons. The molecule has 0 aromatic heterocycles. The summed E-state index contributed by atoms with van der Waals surface area (Å²) in [5.74, 6) is -0.134. The van der Waals surface area contributed by atoms with Gasteiger partial charge >= 0.3 is 6.61 Å². The molecule has 1 amide bonds. The van der Waals surface area contributed by atoms with Crippen molar-refractivity contribution in [3.8, 4) is 5.75 Å². The van der Waals surface area contributed by atoms with Gasteiger partial charge in [0.25, 0.3) is 0 Å². The minimum atomic E-state index is -2.86. The van der Waals surface area contributed by atoms with Crippen molar-refractivity contribution in [3.05, 3.63) is 66.7 Å². The first kappa shape index (κ1) is 16.7. The Morgan fingerprint density at radius 1 is 0.960 bits per heavy atom.